The molecule has 3 heterocycles. The van der Waals surface area contributed by atoms with Crippen molar-refractivity contribution in [2.75, 3.05) is 18.0 Å². The van der Waals surface area contributed by atoms with Crippen LogP contribution in [0.1, 0.15) is 16.1 Å². The van der Waals surface area contributed by atoms with Gasteiger partial charge in [-0.2, -0.15) is 5.10 Å². The molecule has 0 radical (unpaired) electrons. The summed E-state index contributed by atoms with van der Waals surface area (Å²) >= 11 is 0. The van der Waals surface area contributed by atoms with Gasteiger partial charge in [0.2, 0.25) is 0 Å². The number of nitrogens with zero attached hydrogens (tertiary/aromatic N) is 4. The molecule has 130 valence electrons. The van der Waals surface area contributed by atoms with E-state index in [1.54, 1.807) is 23.1 Å². The van der Waals surface area contributed by atoms with E-state index in [1.165, 1.54) is 5.69 Å². The van der Waals surface area contributed by atoms with E-state index >= 15 is 0 Å². The van der Waals surface area contributed by atoms with Crippen LogP contribution in [0.2, 0.25) is 0 Å². The predicted octanol–water partition coefficient (Wildman–Crippen LogP) is 2.57. The summed E-state index contributed by atoms with van der Waals surface area (Å²) in [6.45, 7) is 2.32. The van der Waals surface area contributed by atoms with Crippen molar-refractivity contribution in [3.63, 3.8) is 0 Å². The van der Waals surface area contributed by atoms with Gasteiger partial charge in [-0.05, 0) is 35.9 Å². The maximum Gasteiger partial charge on any atom is 0.270 e. The lowest BCUT2D eigenvalue weighted by atomic mass is 10.2. The summed E-state index contributed by atoms with van der Waals surface area (Å²) in [4.78, 5) is 18.9. The summed E-state index contributed by atoms with van der Waals surface area (Å²) in [6, 6.07) is 13.6. The maximum atomic E-state index is 12.5. The smallest absolute Gasteiger partial charge is 0.270 e. The van der Waals surface area contributed by atoms with Crippen molar-refractivity contribution in [1.82, 2.24) is 20.1 Å². The molecular formula is C20H19N5O. The monoisotopic (exact) mass is 345 g/mol. The molecule has 26 heavy (non-hydrogen) atoms. The van der Waals surface area contributed by atoms with E-state index in [4.69, 9.17) is 0 Å². The Kier molecular flexibility index (Phi) is 4.47. The van der Waals surface area contributed by atoms with Crippen LogP contribution in [0, 0.1) is 0 Å². The van der Waals surface area contributed by atoms with E-state index < -0.39 is 0 Å². The quantitative estimate of drug-likeness (QED) is 0.722. The number of nitrogens with one attached hydrogen (secondary N) is 1. The number of hydrogen-bond acceptors (Lipinski definition) is 4. The van der Waals surface area contributed by atoms with Crippen molar-refractivity contribution in [3.05, 3.63) is 84.5 Å². The van der Waals surface area contributed by atoms with Crippen molar-refractivity contribution in [2.45, 2.75) is 6.54 Å². The van der Waals surface area contributed by atoms with Crippen molar-refractivity contribution >= 4 is 11.6 Å². The first-order valence-corrected chi connectivity index (χ1v) is 8.53. The second-order valence-corrected chi connectivity index (χ2v) is 6.08. The molecular weight excluding hydrogens is 326 g/mol. The highest BCUT2D eigenvalue weighted by Crippen LogP contribution is 2.18. The fourth-order valence-corrected chi connectivity index (χ4v) is 2.93. The van der Waals surface area contributed by atoms with Crippen LogP contribution in [0.5, 0.6) is 0 Å². The molecule has 0 saturated carbocycles. The van der Waals surface area contributed by atoms with E-state index in [0.29, 0.717) is 12.2 Å². The first kappa shape index (κ1) is 16.1. The minimum Gasteiger partial charge on any atom is -0.364 e. The highest BCUT2D eigenvalue weighted by atomic mass is 16.1. The Hall–Kier alpha value is -3.41. The number of hydrogen-bond donors (Lipinski definition) is 1. The van der Waals surface area contributed by atoms with Crippen LogP contribution in [0.25, 0.3) is 5.69 Å². The fraction of sp³-hybridized carbons (Fsp3) is 0.150. The van der Waals surface area contributed by atoms with Gasteiger partial charge in [-0.1, -0.05) is 24.3 Å². The molecule has 4 rings (SSSR count). The molecule has 1 aliphatic heterocycles. The number of benzene rings is 1. The molecule has 0 saturated heterocycles. The highest BCUT2D eigenvalue weighted by molar-refractivity contribution is 5.92. The first-order chi connectivity index (χ1) is 12.8. The van der Waals surface area contributed by atoms with Gasteiger partial charge in [-0.3, -0.25) is 9.78 Å². The van der Waals surface area contributed by atoms with Gasteiger partial charge in [-0.25, -0.2) is 4.68 Å². The molecule has 6 nitrogen and oxygen atoms in total. The van der Waals surface area contributed by atoms with Gasteiger partial charge >= 0.3 is 0 Å². The zero-order valence-electron chi connectivity index (χ0n) is 14.2. The molecule has 1 aromatic carbocycles. The lowest BCUT2D eigenvalue weighted by Gasteiger charge is -2.18. The second-order valence-electron chi connectivity index (χ2n) is 6.08. The fourth-order valence-electron chi connectivity index (χ4n) is 2.93. The zero-order valence-corrected chi connectivity index (χ0v) is 14.2. The van der Waals surface area contributed by atoms with Crippen LogP contribution in [0.3, 0.4) is 0 Å². The molecule has 0 bridgehead atoms. The lowest BCUT2D eigenvalue weighted by molar-refractivity contribution is 0.0946. The van der Waals surface area contributed by atoms with Crippen LogP contribution in [-0.4, -0.2) is 33.8 Å². The minimum atomic E-state index is -0.202. The molecule has 3 aromatic rings. The van der Waals surface area contributed by atoms with E-state index in [1.807, 2.05) is 30.5 Å². The largest absolute Gasteiger partial charge is 0.364 e. The van der Waals surface area contributed by atoms with Crippen molar-refractivity contribution in [3.8, 4) is 5.69 Å². The van der Waals surface area contributed by atoms with Crippen LogP contribution >= 0.6 is 0 Å². The number of carbonyl (C=O) groups is 1. The summed E-state index contributed by atoms with van der Waals surface area (Å²) in [5, 5.41) is 7.12. The summed E-state index contributed by atoms with van der Waals surface area (Å²) < 4.78 is 1.70. The van der Waals surface area contributed by atoms with Gasteiger partial charge in [0.1, 0.15) is 5.69 Å². The Bertz CT molecular complexity index is 925. The number of anilines is 1. The van der Waals surface area contributed by atoms with Crippen LogP contribution < -0.4 is 10.2 Å². The number of rotatable bonds is 5. The Labute approximate surface area is 151 Å². The van der Waals surface area contributed by atoms with Crippen molar-refractivity contribution < 1.29 is 4.79 Å². The molecule has 0 spiro atoms. The predicted molar refractivity (Wildman–Crippen MR) is 100 cm³/mol. The topological polar surface area (TPSA) is 63.1 Å². The third kappa shape index (κ3) is 3.49. The lowest BCUT2D eigenvalue weighted by Crippen LogP contribution is -2.24. The third-order valence-corrected chi connectivity index (χ3v) is 4.29. The SMILES string of the molecule is O=C(NCc1cccc(N2CC=CC2)c1)c1cc(-n2cccn2)ccn1. The Balaban J connectivity index is 1.43. The van der Waals surface area contributed by atoms with Gasteiger partial charge in [0.25, 0.3) is 5.91 Å². The van der Waals surface area contributed by atoms with Gasteiger partial charge in [-0.15, -0.1) is 0 Å². The zero-order chi connectivity index (χ0) is 17.8. The molecule has 1 N–H and O–H groups in total. The molecule has 1 aliphatic rings. The summed E-state index contributed by atoms with van der Waals surface area (Å²) in [5.41, 5.74) is 3.41. The number of aromatic nitrogens is 3. The molecule has 6 heteroatoms. The van der Waals surface area contributed by atoms with Crippen molar-refractivity contribution in [1.29, 1.82) is 0 Å². The average molecular weight is 345 g/mol. The van der Waals surface area contributed by atoms with E-state index in [9.17, 15) is 4.79 Å². The first-order valence-electron chi connectivity index (χ1n) is 8.53. The van der Waals surface area contributed by atoms with E-state index in [-0.39, 0.29) is 5.91 Å². The Morgan fingerprint density at radius 3 is 2.73 bits per heavy atom. The molecule has 0 aliphatic carbocycles. The summed E-state index contributed by atoms with van der Waals surface area (Å²) in [6.07, 6.45) is 9.46. The summed E-state index contributed by atoms with van der Waals surface area (Å²) in [5.74, 6) is -0.202. The highest BCUT2D eigenvalue weighted by Gasteiger charge is 2.11. The van der Waals surface area contributed by atoms with E-state index in [2.05, 4.69) is 44.6 Å². The minimum absolute atomic E-state index is 0.202. The second kappa shape index (κ2) is 7.23. The van der Waals surface area contributed by atoms with Gasteiger partial charge in [0, 0.05) is 43.9 Å². The maximum absolute atomic E-state index is 12.5. The standard InChI is InChI=1S/C20H19N5O/c26-20(19-14-18(7-9-21-19)25-12-4-8-23-25)22-15-16-5-3-6-17(13-16)24-10-1-2-11-24/h1-9,12-14H,10-11,15H2,(H,22,26). The molecule has 0 atom stereocenters. The van der Waals surface area contributed by atoms with E-state index in [0.717, 1.165) is 24.3 Å². The number of amides is 1. The van der Waals surface area contributed by atoms with Gasteiger partial charge in [0.05, 0.1) is 5.69 Å². The number of carbonyl (C=O) groups excluding carboxylic acids is 1. The Morgan fingerprint density at radius 1 is 1.04 bits per heavy atom. The molecule has 2 aromatic heterocycles. The normalized spacial score (nSPS) is 13.2. The van der Waals surface area contributed by atoms with Crippen LogP contribution in [-0.2, 0) is 6.54 Å². The Morgan fingerprint density at radius 2 is 1.92 bits per heavy atom. The third-order valence-electron chi connectivity index (χ3n) is 4.29. The molecule has 0 unspecified atom stereocenters. The van der Waals surface area contributed by atoms with Crippen molar-refractivity contribution in [2.24, 2.45) is 0 Å². The molecule has 0 fully saturated rings. The van der Waals surface area contributed by atoms with Gasteiger partial charge < -0.3 is 10.2 Å². The van der Waals surface area contributed by atoms with Crippen LogP contribution in [0.4, 0.5) is 5.69 Å². The number of pyridine rings is 1. The van der Waals surface area contributed by atoms with Crippen LogP contribution in [0.15, 0.2) is 73.2 Å². The summed E-state index contributed by atoms with van der Waals surface area (Å²) in [7, 11) is 0. The molecule has 1 amide bonds. The van der Waals surface area contributed by atoms with Gasteiger partial charge in [0.15, 0.2) is 0 Å². The average Bonchev–Trinajstić information content (AvgIpc) is 3.40.